The number of aromatic nitrogens is 2. The highest BCUT2D eigenvalue weighted by atomic mass is 35.5. The fourth-order valence-electron chi connectivity index (χ4n) is 1.14. The lowest BCUT2D eigenvalue weighted by molar-refractivity contribution is 0.0949. The molecule has 0 spiro atoms. The van der Waals surface area contributed by atoms with E-state index in [0.717, 1.165) is 0 Å². The molecule has 0 bridgehead atoms. The maximum absolute atomic E-state index is 11.1. The molecule has 3 N–H and O–H groups in total. The molecule has 0 saturated heterocycles. The molecular formula is C8H7ClN4O. The zero-order valence-electron chi connectivity index (χ0n) is 7.07. The lowest BCUT2D eigenvalue weighted by atomic mass is 10.5. The average Bonchev–Trinajstić information content (AvgIpc) is 2.59. The van der Waals surface area contributed by atoms with Crippen molar-refractivity contribution in [2.24, 2.45) is 5.84 Å². The van der Waals surface area contributed by atoms with Gasteiger partial charge in [-0.25, -0.2) is 10.8 Å². The Morgan fingerprint density at radius 3 is 3.14 bits per heavy atom. The quantitative estimate of drug-likeness (QED) is 0.411. The first-order chi connectivity index (χ1) is 6.70. The molecule has 0 aliphatic heterocycles. The summed E-state index contributed by atoms with van der Waals surface area (Å²) >= 11 is 5.76. The van der Waals surface area contributed by atoms with Gasteiger partial charge in [0, 0.05) is 23.5 Å². The van der Waals surface area contributed by atoms with Crippen molar-refractivity contribution in [3.8, 4) is 0 Å². The topological polar surface area (TPSA) is 72.4 Å². The number of hydrogen-bond acceptors (Lipinski definition) is 3. The molecule has 0 aromatic carbocycles. The molecule has 1 amide bonds. The van der Waals surface area contributed by atoms with Crippen LogP contribution in [-0.4, -0.2) is 15.3 Å². The Labute approximate surface area is 84.5 Å². The number of rotatable bonds is 1. The van der Waals surface area contributed by atoms with Gasteiger partial charge in [0.1, 0.15) is 11.3 Å². The predicted molar refractivity (Wildman–Crippen MR) is 51.9 cm³/mol. The van der Waals surface area contributed by atoms with Gasteiger partial charge in [0.05, 0.1) is 0 Å². The Morgan fingerprint density at radius 2 is 2.43 bits per heavy atom. The number of imidazole rings is 1. The number of amides is 1. The van der Waals surface area contributed by atoms with Crippen molar-refractivity contribution in [2.45, 2.75) is 0 Å². The number of carbonyl (C=O) groups excluding carboxylic acids is 1. The van der Waals surface area contributed by atoms with Gasteiger partial charge in [0.2, 0.25) is 0 Å². The number of fused-ring (bicyclic) bond motifs is 1. The summed E-state index contributed by atoms with van der Waals surface area (Å²) in [6, 6.07) is 3.37. The molecule has 72 valence electrons. The standard InChI is InChI=1S/C8H7ClN4O/c9-5-1-2-13-4-6(8(14)12-10)11-7(13)3-5/h1-4H,10H2,(H,12,14). The average molecular weight is 211 g/mol. The highest BCUT2D eigenvalue weighted by Gasteiger charge is 2.08. The minimum Gasteiger partial charge on any atom is -0.306 e. The van der Waals surface area contributed by atoms with Crippen LogP contribution >= 0.6 is 11.6 Å². The molecule has 0 aliphatic rings. The fourth-order valence-corrected chi connectivity index (χ4v) is 1.29. The molecule has 2 aromatic heterocycles. The molecule has 2 rings (SSSR count). The van der Waals surface area contributed by atoms with Gasteiger partial charge in [0.25, 0.3) is 5.91 Å². The summed E-state index contributed by atoms with van der Waals surface area (Å²) in [6.45, 7) is 0. The summed E-state index contributed by atoms with van der Waals surface area (Å²) in [5.74, 6) is 4.55. The van der Waals surface area contributed by atoms with Gasteiger partial charge in [-0.15, -0.1) is 0 Å². The SMILES string of the molecule is NNC(=O)c1cn2ccc(Cl)cc2n1. The van der Waals surface area contributed by atoms with Crippen LogP contribution in [0.5, 0.6) is 0 Å². The van der Waals surface area contributed by atoms with E-state index in [0.29, 0.717) is 10.7 Å². The first-order valence-corrected chi connectivity index (χ1v) is 4.23. The van der Waals surface area contributed by atoms with Crippen molar-refractivity contribution in [3.63, 3.8) is 0 Å². The van der Waals surface area contributed by atoms with Crippen LogP contribution in [0.2, 0.25) is 5.02 Å². The van der Waals surface area contributed by atoms with Crippen LogP contribution in [0.1, 0.15) is 10.5 Å². The third kappa shape index (κ3) is 1.43. The summed E-state index contributed by atoms with van der Waals surface area (Å²) in [6.07, 6.45) is 3.30. The van der Waals surface area contributed by atoms with Gasteiger partial charge < -0.3 is 4.40 Å². The van der Waals surface area contributed by atoms with Crippen molar-refractivity contribution in [2.75, 3.05) is 0 Å². The van der Waals surface area contributed by atoms with Crippen molar-refractivity contribution in [1.29, 1.82) is 0 Å². The molecule has 0 unspecified atom stereocenters. The number of hydrazine groups is 1. The van der Waals surface area contributed by atoms with Crippen molar-refractivity contribution in [3.05, 3.63) is 35.2 Å². The summed E-state index contributed by atoms with van der Waals surface area (Å²) in [5.41, 5.74) is 2.88. The molecule has 2 aromatic rings. The van der Waals surface area contributed by atoms with Gasteiger partial charge >= 0.3 is 0 Å². The number of nitrogens with zero attached hydrogens (tertiary/aromatic N) is 2. The number of pyridine rings is 1. The zero-order valence-corrected chi connectivity index (χ0v) is 7.82. The maximum Gasteiger partial charge on any atom is 0.285 e. The zero-order chi connectivity index (χ0) is 10.1. The van der Waals surface area contributed by atoms with Gasteiger partial charge in [-0.1, -0.05) is 11.6 Å². The Kier molecular flexibility index (Phi) is 2.11. The Bertz CT molecular complexity index is 493. The van der Waals surface area contributed by atoms with Gasteiger partial charge in [-0.3, -0.25) is 10.2 Å². The smallest absolute Gasteiger partial charge is 0.285 e. The Morgan fingerprint density at radius 1 is 1.64 bits per heavy atom. The van der Waals surface area contributed by atoms with E-state index in [9.17, 15) is 4.79 Å². The Hall–Kier alpha value is -1.59. The molecule has 5 nitrogen and oxygen atoms in total. The second-order valence-corrected chi connectivity index (χ2v) is 3.15. The van der Waals surface area contributed by atoms with Crippen molar-refractivity contribution >= 4 is 23.2 Å². The van der Waals surface area contributed by atoms with E-state index in [1.54, 1.807) is 28.9 Å². The second kappa shape index (κ2) is 3.28. The molecular weight excluding hydrogens is 204 g/mol. The van der Waals surface area contributed by atoms with Gasteiger partial charge in [0.15, 0.2) is 0 Å². The van der Waals surface area contributed by atoms with E-state index in [1.165, 1.54) is 0 Å². The largest absolute Gasteiger partial charge is 0.306 e. The molecule has 0 radical (unpaired) electrons. The highest BCUT2D eigenvalue weighted by molar-refractivity contribution is 6.30. The first-order valence-electron chi connectivity index (χ1n) is 3.86. The third-order valence-corrected chi connectivity index (χ3v) is 2.02. The predicted octanol–water partition coefficient (Wildman–Crippen LogP) is 0.591. The van der Waals surface area contributed by atoms with Crippen LogP contribution in [0.25, 0.3) is 5.65 Å². The monoisotopic (exact) mass is 210 g/mol. The molecule has 2 heterocycles. The fraction of sp³-hybridized carbons (Fsp3) is 0. The number of hydrogen-bond donors (Lipinski definition) is 2. The number of nitrogens with two attached hydrogens (primary N) is 1. The van der Waals surface area contributed by atoms with Crippen LogP contribution in [0, 0.1) is 0 Å². The molecule has 14 heavy (non-hydrogen) atoms. The van der Waals surface area contributed by atoms with E-state index < -0.39 is 5.91 Å². The molecule has 0 aliphatic carbocycles. The van der Waals surface area contributed by atoms with E-state index in [-0.39, 0.29) is 5.69 Å². The lowest BCUT2D eigenvalue weighted by Crippen LogP contribution is -2.30. The number of nitrogen functional groups attached to an aromatic ring is 1. The molecule has 0 fully saturated rings. The third-order valence-electron chi connectivity index (χ3n) is 1.79. The van der Waals surface area contributed by atoms with Crippen molar-refractivity contribution in [1.82, 2.24) is 14.8 Å². The van der Waals surface area contributed by atoms with Crippen LogP contribution < -0.4 is 11.3 Å². The van der Waals surface area contributed by atoms with E-state index in [1.807, 2.05) is 5.43 Å². The van der Waals surface area contributed by atoms with Crippen molar-refractivity contribution < 1.29 is 4.79 Å². The van der Waals surface area contributed by atoms with Crippen LogP contribution in [0.3, 0.4) is 0 Å². The maximum atomic E-state index is 11.1. The second-order valence-electron chi connectivity index (χ2n) is 2.71. The Balaban J connectivity index is 2.56. The number of halogens is 1. The van der Waals surface area contributed by atoms with Crippen LogP contribution in [-0.2, 0) is 0 Å². The number of carbonyl (C=O) groups is 1. The van der Waals surface area contributed by atoms with Crippen LogP contribution in [0.15, 0.2) is 24.5 Å². The minimum atomic E-state index is -0.426. The molecule has 6 heteroatoms. The summed E-state index contributed by atoms with van der Waals surface area (Å²) < 4.78 is 1.69. The normalized spacial score (nSPS) is 10.4. The van der Waals surface area contributed by atoms with Gasteiger partial charge in [-0.05, 0) is 6.07 Å². The van der Waals surface area contributed by atoms with Gasteiger partial charge in [-0.2, -0.15) is 0 Å². The summed E-state index contributed by atoms with van der Waals surface area (Å²) in [4.78, 5) is 15.2. The minimum absolute atomic E-state index is 0.259. The molecule has 0 atom stereocenters. The van der Waals surface area contributed by atoms with E-state index >= 15 is 0 Å². The lowest BCUT2D eigenvalue weighted by Gasteiger charge is -1.90. The van der Waals surface area contributed by atoms with E-state index in [2.05, 4.69) is 4.98 Å². The number of nitrogens with one attached hydrogen (secondary N) is 1. The van der Waals surface area contributed by atoms with E-state index in [4.69, 9.17) is 17.4 Å². The highest BCUT2D eigenvalue weighted by Crippen LogP contribution is 2.12. The summed E-state index contributed by atoms with van der Waals surface area (Å²) in [7, 11) is 0. The first kappa shape index (κ1) is 8.98. The van der Waals surface area contributed by atoms with Crippen LogP contribution in [0.4, 0.5) is 0 Å². The summed E-state index contributed by atoms with van der Waals surface area (Å²) in [5, 5.41) is 0.572. The molecule has 0 saturated carbocycles.